The first-order valence-electron chi connectivity index (χ1n) is 4.94. The summed E-state index contributed by atoms with van der Waals surface area (Å²) >= 11 is 1.20. The molecule has 1 fully saturated rings. The SMILES string of the molecule is C#CCNC(=O)C(C#N)=C1SCC(=O)N1CC. The van der Waals surface area contributed by atoms with E-state index in [-0.39, 0.29) is 23.8 Å². The molecule has 1 N–H and O–H groups in total. The predicted molar refractivity (Wildman–Crippen MR) is 64.3 cm³/mol. The highest BCUT2D eigenvalue weighted by Gasteiger charge is 2.30. The molecule has 6 heteroatoms. The molecule has 1 aliphatic heterocycles. The average molecular weight is 249 g/mol. The summed E-state index contributed by atoms with van der Waals surface area (Å²) < 4.78 is 0. The summed E-state index contributed by atoms with van der Waals surface area (Å²) in [5.74, 6) is 1.88. The molecule has 0 aromatic rings. The summed E-state index contributed by atoms with van der Waals surface area (Å²) in [5, 5.41) is 11.8. The van der Waals surface area contributed by atoms with Crippen LogP contribution in [-0.2, 0) is 9.59 Å². The van der Waals surface area contributed by atoms with Gasteiger partial charge in [0.05, 0.1) is 12.3 Å². The van der Waals surface area contributed by atoms with Crippen molar-refractivity contribution in [1.29, 1.82) is 5.26 Å². The maximum atomic E-state index is 11.7. The molecule has 0 aliphatic carbocycles. The third-order valence-corrected chi connectivity index (χ3v) is 3.19. The van der Waals surface area contributed by atoms with Crippen LogP contribution in [0.4, 0.5) is 0 Å². The Morgan fingerprint density at radius 2 is 2.41 bits per heavy atom. The Kier molecular flexibility index (Phi) is 4.62. The number of rotatable bonds is 3. The van der Waals surface area contributed by atoms with Gasteiger partial charge in [0.15, 0.2) is 0 Å². The third kappa shape index (κ3) is 2.80. The largest absolute Gasteiger partial charge is 0.340 e. The number of carbonyl (C=O) groups excluding carboxylic acids is 2. The molecule has 17 heavy (non-hydrogen) atoms. The quantitative estimate of drug-likeness (QED) is 0.436. The van der Waals surface area contributed by atoms with Gasteiger partial charge < -0.3 is 10.2 Å². The van der Waals surface area contributed by atoms with E-state index in [1.165, 1.54) is 16.7 Å². The molecule has 0 bridgehead atoms. The Morgan fingerprint density at radius 3 is 2.94 bits per heavy atom. The third-order valence-electron chi connectivity index (χ3n) is 2.10. The first-order valence-corrected chi connectivity index (χ1v) is 5.93. The van der Waals surface area contributed by atoms with Crippen LogP contribution in [0.1, 0.15) is 6.92 Å². The lowest BCUT2D eigenvalue weighted by atomic mass is 10.3. The second-order valence-corrected chi connectivity index (χ2v) is 4.07. The summed E-state index contributed by atoms with van der Waals surface area (Å²) in [6.45, 7) is 2.29. The first-order chi connectivity index (χ1) is 8.15. The lowest BCUT2D eigenvalue weighted by Crippen LogP contribution is -2.29. The highest BCUT2D eigenvalue weighted by atomic mass is 32.2. The highest BCUT2D eigenvalue weighted by Crippen LogP contribution is 2.31. The van der Waals surface area contributed by atoms with Gasteiger partial charge in [0.25, 0.3) is 5.91 Å². The first kappa shape index (κ1) is 13.1. The highest BCUT2D eigenvalue weighted by molar-refractivity contribution is 8.04. The zero-order chi connectivity index (χ0) is 12.8. The number of thioether (sulfide) groups is 1. The number of terminal acetylenes is 1. The minimum Gasteiger partial charge on any atom is -0.340 e. The van der Waals surface area contributed by atoms with Gasteiger partial charge in [-0.1, -0.05) is 17.7 Å². The van der Waals surface area contributed by atoms with E-state index in [1.807, 2.05) is 6.07 Å². The van der Waals surface area contributed by atoms with E-state index in [9.17, 15) is 9.59 Å². The van der Waals surface area contributed by atoms with E-state index in [0.29, 0.717) is 11.6 Å². The number of nitrogens with zero attached hydrogens (tertiary/aromatic N) is 2. The number of nitriles is 1. The zero-order valence-electron chi connectivity index (χ0n) is 9.32. The van der Waals surface area contributed by atoms with E-state index in [2.05, 4.69) is 11.2 Å². The summed E-state index contributed by atoms with van der Waals surface area (Å²) in [7, 11) is 0. The topological polar surface area (TPSA) is 73.2 Å². The normalized spacial score (nSPS) is 17.4. The van der Waals surface area contributed by atoms with Crippen molar-refractivity contribution in [2.24, 2.45) is 0 Å². The van der Waals surface area contributed by atoms with Gasteiger partial charge in [0.2, 0.25) is 5.91 Å². The van der Waals surface area contributed by atoms with Crippen LogP contribution in [-0.4, -0.2) is 35.6 Å². The molecule has 1 rings (SSSR count). The minimum absolute atomic E-state index is 0.0575. The number of hydrogen-bond donors (Lipinski definition) is 1. The molecule has 88 valence electrons. The van der Waals surface area contributed by atoms with Gasteiger partial charge in [-0.05, 0) is 6.92 Å². The molecule has 2 amide bonds. The molecule has 0 saturated carbocycles. The van der Waals surface area contributed by atoms with Crippen LogP contribution >= 0.6 is 11.8 Å². The Hall–Kier alpha value is -1.92. The lowest BCUT2D eigenvalue weighted by Gasteiger charge is -2.15. The molecule has 0 unspecified atom stereocenters. The number of amides is 2. The van der Waals surface area contributed by atoms with Crippen molar-refractivity contribution < 1.29 is 9.59 Å². The maximum Gasteiger partial charge on any atom is 0.265 e. The van der Waals surface area contributed by atoms with Gasteiger partial charge in [-0.2, -0.15) is 5.26 Å². The molecule has 0 aromatic heterocycles. The van der Waals surface area contributed by atoms with Crippen molar-refractivity contribution in [1.82, 2.24) is 10.2 Å². The van der Waals surface area contributed by atoms with Crippen LogP contribution in [0.3, 0.4) is 0 Å². The van der Waals surface area contributed by atoms with Crippen LogP contribution in [0.25, 0.3) is 0 Å². The smallest absolute Gasteiger partial charge is 0.265 e. The standard InChI is InChI=1S/C11H11N3O2S/c1-3-5-13-10(16)8(6-12)11-14(4-2)9(15)7-17-11/h1H,4-5,7H2,2H3,(H,13,16). The Bertz CT molecular complexity index is 456. The zero-order valence-corrected chi connectivity index (χ0v) is 10.1. The number of hydrogen-bond acceptors (Lipinski definition) is 4. The van der Waals surface area contributed by atoms with Crippen molar-refractivity contribution in [3.8, 4) is 18.4 Å². The number of nitrogens with one attached hydrogen (secondary N) is 1. The van der Waals surface area contributed by atoms with Crippen LogP contribution in [0.2, 0.25) is 0 Å². The molecule has 0 radical (unpaired) electrons. The van der Waals surface area contributed by atoms with Gasteiger partial charge in [-0.25, -0.2) is 0 Å². The average Bonchev–Trinajstić information content (AvgIpc) is 2.69. The van der Waals surface area contributed by atoms with E-state index >= 15 is 0 Å². The van der Waals surface area contributed by atoms with Crippen molar-refractivity contribution in [2.75, 3.05) is 18.8 Å². The van der Waals surface area contributed by atoms with Crippen LogP contribution in [0.15, 0.2) is 10.6 Å². The van der Waals surface area contributed by atoms with Crippen molar-refractivity contribution in [3.05, 3.63) is 10.6 Å². The predicted octanol–water partition coefficient (Wildman–Crippen LogP) is 0.0663. The summed E-state index contributed by atoms with van der Waals surface area (Å²) in [4.78, 5) is 24.5. The fraction of sp³-hybridized carbons (Fsp3) is 0.364. The van der Waals surface area contributed by atoms with Gasteiger partial charge >= 0.3 is 0 Å². The van der Waals surface area contributed by atoms with E-state index in [4.69, 9.17) is 11.7 Å². The summed E-state index contributed by atoms with van der Waals surface area (Å²) in [6.07, 6.45) is 5.01. The minimum atomic E-state index is -0.541. The molecule has 1 aliphatic rings. The second kappa shape index (κ2) is 5.97. The number of carbonyl (C=O) groups is 2. The van der Waals surface area contributed by atoms with Crippen LogP contribution < -0.4 is 5.32 Å². The summed E-state index contributed by atoms with van der Waals surface area (Å²) in [6, 6.07) is 1.82. The van der Waals surface area contributed by atoms with Gasteiger partial charge in [0, 0.05) is 6.54 Å². The monoisotopic (exact) mass is 249 g/mol. The van der Waals surface area contributed by atoms with Crippen molar-refractivity contribution in [3.63, 3.8) is 0 Å². The Morgan fingerprint density at radius 1 is 1.71 bits per heavy atom. The fourth-order valence-corrected chi connectivity index (χ4v) is 2.43. The van der Waals surface area contributed by atoms with Gasteiger partial charge in [-0.3, -0.25) is 9.59 Å². The van der Waals surface area contributed by atoms with E-state index in [0.717, 1.165) is 0 Å². The molecule has 5 nitrogen and oxygen atoms in total. The Balaban J connectivity index is 3.00. The molecule has 0 atom stereocenters. The Labute approximate surface area is 104 Å². The summed E-state index contributed by atoms with van der Waals surface area (Å²) in [5.41, 5.74) is -0.0575. The molecular weight excluding hydrogens is 238 g/mol. The van der Waals surface area contributed by atoms with Crippen molar-refractivity contribution >= 4 is 23.6 Å². The van der Waals surface area contributed by atoms with Gasteiger partial charge in [0.1, 0.15) is 16.7 Å². The fourth-order valence-electron chi connectivity index (χ4n) is 1.34. The molecular formula is C11H11N3O2S. The van der Waals surface area contributed by atoms with Crippen LogP contribution in [0.5, 0.6) is 0 Å². The maximum absolute atomic E-state index is 11.7. The van der Waals surface area contributed by atoms with E-state index in [1.54, 1.807) is 6.92 Å². The molecule has 0 aromatic carbocycles. The lowest BCUT2D eigenvalue weighted by molar-refractivity contribution is -0.125. The van der Waals surface area contributed by atoms with Crippen LogP contribution in [0, 0.1) is 23.7 Å². The molecule has 0 spiro atoms. The van der Waals surface area contributed by atoms with Gasteiger partial charge in [-0.15, -0.1) is 6.42 Å². The van der Waals surface area contributed by atoms with Crippen molar-refractivity contribution in [2.45, 2.75) is 6.92 Å². The van der Waals surface area contributed by atoms with E-state index < -0.39 is 5.91 Å². The molecule has 1 saturated heterocycles. The molecule has 1 heterocycles. The second-order valence-electron chi connectivity index (χ2n) is 3.11.